The molecular weight excluding hydrogens is 295 g/mol. The van der Waals surface area contributed by atoms with Crippen LogP contribution < -0.4 is 5.48 Å². The highest BCUT2D eigenvalue weighted by molar-refractivity contribution is 5.81. The molecule has 0 unspecified atom stereocenters. The fourth-order valence-corrected chi connectivity index (χ4v) is 2.32. The van der Waals surface area contributed by atoms with E-state index in [0.717, 1.165) is 28.4 Å². The van der Waals surface area contributed by atoms with E-state index in [1.165, 1.54) is 12.3 Å². The lowest BCUT2D eigenvalue weighted by Crippen LogP contribution is -2.06. The number of aromatic nitrogens is 1. The molecule has 23 heavy (non-hydrogen) atoms. The Hall–Kier alpha value is -2.79. The van der Waals surface area contributed by atoms with Gasteiger partial charge >= 0.3 is 0 Å². The predicted molar refractivity (Wildman–Crippen MR) is 86.8 cm³/mol. The molecule has 0 saturated carbocycles. The van der Waals surface area contributed by atoms with Crippen LogP contribution in [0.25, 0.3) is 10.9 Å². The van der Waals surface area contributed by atoms with Gasteiger partial charge in [0.1, 0.15) is 12.1 Å². The summed E-state index contributed by atoms with van der Waals surface area (Å²) >= 11 is 0. The Labute approximate surface area is 132 Å². The Morgan fingerprint density at radius 1 is 1.17 bits per heavy atom. The Morgan fingerprint density at radius 2 is 2.00 bits per heavy atom. The van der Waals surface area contributed by atoms with E-state index < -0.39 is 0 Å². The summed E-state index contributed by atoms with van der Waals surface area (Å²) in [5.74, 6) is -0.341. The zero-order valence-electron chi connectivity index (χ0n) is 12.3. The maximum absolute atomic E-state index is 13.2. The van der Waals surface area contributed by atoms with Crippen LogP contribution in [0.4, 0.5) is 10.1 Å². The van der Waals surface area contributed by atoms with Crippen molar-refractivity contribution in [3.8, 4) is 0 Å². The number of hydrogen-bond donors (Lipinski definition) is 1. The first-order valence-electron chi connectivity index (χ1n) is 7.22. The molecule has 1 aromatic heterocycles. The van der Waals surface area contributed by atoms with Crippen molar-refractivity contribution in [1.29, 1.82) is 0 Å². The van der Waals surface area contributed by atoms with Gasteiger partial charge in [-0.2, -0.15) is 0 Å². The lowest BCUT2D eigenvalue weighted by Gasteiger charge is -2.08. The Bertz CT molecular complexity index is 819. The number of pyridine rings is 1. The lowest BCUT2D eigenvalue weighted by atomic mass is 10.1. The predicted octanol–water partition coefficient (Wildman–Crippen LogP) is 3.77. The van der Waals surface area contributed by atoms with E-state index >= 15 is 0 Å². The van der Waals surface area contributed by atoms with Crippen molar-refractivity contribution in [2.45, 2.75) is 6.42 Å². The summed E-state index contributed by atoms with van der Waals surface area (Å²) < 4.78 is 13.2. The smallest absolute Gasteiger partial charge is 0.150 e. The normalized spacial score (nSPS) is 10.7. The van der Waals surface area contributed by atoms with Gasteiger partial charge in [-0.05, 0) is 35.9 Å². The Kier molecular flexibility index (Phi) is 4.59. The molecule has 0 amide bonds. The topological polar surface area (TPSA) is 51.2 Å². The molecule has 3 aromatic rings. The van der Waals surface area contributed by atoms with Gasteiger partial charge in [-0.3, -0.25) is 20.1 Å². The van der Waals surface area contributed by atoms with E-state index in [2.05, 4.69) is 10.5 Å². The van der Waals surface area contributed by atoms with Gasteiger partial charge in [0, 0.05) is 17.4 Å². The van der Waals surface area contributed by atoms with E-state index in [-0.39, 0.29) is 5.82 Å². The number of halogens is 1. The molecule has 0 aliphatic heterocycles. The van der Waals surface area contributed by atoms with Crippen molar-refractivity contribution < 1.29 is 14.0 Å². The molecule has 1 N–H and O–H groups in total. The van der Waals surface area contributed by atoms with Crippen molar-refractivity contribution in [3.63, 3.8) is 0 Å². The lowest BCUT2D eigenvalue weighted by molar-refractivity contribution is 0.112. The molecule has 0 aliphatic carbocycles. The maximum atomic E-state index is 13.2. The first kappa shape index (κ1) is 15.1. The summed E-state index contributed by atoms with van der Waals surface area (Å²) in [4.78, 5) is 20.2. The standard InChI is InChI=1S/C18H15FN2O2/c19-16-10-15-3-1-2-14(18(15)20-11-16)8-9-23-21-17-6-4-13(12-22)5-7-17/h1-7,10-12,21H,8-9H2. The number of nitrogens with one attached hydrogen (secondary N) is 1. The van der Waals surface area contributed by atoms with Gasteiger partial charge < -0.3 is 0 Å². The Morgan fingerprint density at radius 3 is 2.78 bits per heavy atom. The molecule has 3 rings (SSSR count). The van der Waals surface area contributed by atoms with E-state index in [1.807, 2.05) is 18.2 Å². The van der Waals surface area contributed by atoms with E-state index in [4.69, 9.17) is 4.84 Å². The number of aldehydes is 1. The quantitative estimate of drug-likeness (QED) is 0.428. The third kappa shape index (κ3) is 3.70. The number of carbonyl (C=O) groups excluding carboxylic acids is 1. The maximum Gasteiger partial charge on any atom is 0.150 e. The summed E-state index contributed by atoms with van der Waals surface area (Å²) in [6, 6.07) is 14.1. The molecule has 4 nitrogen and oxygen atoms in total. The van der Waals surface area contributed by atoms with Crippen molar-refractivity contribution in [3.05, 3.63) is 71.7 Å². The van der Waals surface area contributed by atoms with E-state index in [9.17, 15) is 9.18 Å². The van der Waals surface area contributed by atoms with E-state index in [1.54, 1.807) is 24.3 Å². The molecule has 0 fully saturated rings. The highest BCUT2D eigenvalue weighted by Crippen LogP contribution is 2.18. The van der Waals surface area contributed by atoms with Gasteiger partial charge in [0.05, 0.1) is 24.0 Å². The molecular formula is C18H15FN2O2. The second kappa shape index (κ2) is 6.98. The average molecular weight is 310 g/mol. The highest BCUT2D eigenvalue weighted by atomic mass is 19.1. The fourth-order valence-electron chi connectivity index (χ4n) is 2.32. The molecule has 0 radical (unpaired) electrons. The third-order valence-corrected chi connectivity index (χ3v) is 3.47. The zero-order valence-corrected chi connectivity index (χ0v) is 12.3. The molecule has 2 aromatic carbocycles. The van der Waals surface area contributed by atoms with Gasteiger partial charge in [0.25, 0.3) is 0 Å². The molecule has 0 atom stereocenters. The molecule has 0 spiro atoms. The van der Waals surface area contributed by atoms with Crippen LogP contribution in [0, 0.1) is 5.82 Å². The van der Waals surface area contributed by atoms with Crippen LogP contribution in [0.5, 0.6) is 0 Å². The van der Waals surface area contributed by atoms with E-state index in [0.29, 0.717) is 18.6 Å². The van der Waals surface area contributed by atoms with Gasteiger partial charge in [0.15, 0.2) is 0 Å². The van der Waals surface area contributed by atoms with Crippen LogP contribution >= 0.6 is 0 Å². The van der Waals surface area contributed by atoms with Gasteiger partial charge in [-0.1, -0.05) is 18.2 Å². The number of fused-ring (bicyclic) bond motifs is 1. The summed E-state index contributed by atoms with van der Waals surface area (Å²) in [7, 11) is 0. The first-order chi connectivity index (χ1) is 11.3. The van der Waals surface area contributed by atoms with Crippen molar-refractivity contribution >= 4 is 22.9 Å². The zero-order chi connectivity index (χ0) is 16.1. The summed E-state index contributed by atoms with van der Waals surface area (Å²) in [5.41, 5.74) is 6.00. The second-order valence-corrected chi connectivity index (χ2v) is 5.08. The first-order valence-corrected chi connectivity index (χ1v) is 7.22. The monoisotopic (exact) mass is 310 g/mol. The van der Waals surface area contributed by atoms with Crippen molar-refractivity contribution in [2.75, 3.05) is 12.1 Å². The number of para-hydroxylation sites is 1. The molecule has 0 aliphatic rings. The summed E-state index contributed by atoms with van der Waals surface area (Å²) in [6.07, 6.45) is 2.66. The number of anilines is 1. The largest absolute Gasteiger partial charge is 0.298 e. The van der Waals surface area contributed by atoms with Gasteiger partial charge in [-0.15, -0.1) is 0 Å². The minimum absolute atomic E-state index is 0.341. The molecule has 0 bridgehead atoms. The molecule has 1 heterocycles. The fraction of sp³-hybridized carbons (Fsp3) is 0.111. The van der Waals surface area contributed by atoms with Crippen LogP contribution in [0.15, 0.2) is 54.7 Å². The number of rotatable bonds is 6. The number of nitrogens with zero attached hydrogens (tertiary/aromatic N) is 1. The second-order valence-electron chi connectivity index (χ2n) is 5.08. The SMILES string of the molecule is O=Cc1ccc(NOCCc2cccc3cc(F)cnc23)cc1. The van der Waals surface area contributed by atoms with Gasteiger partial charge in [0.2, 0.25) is 0 Å². The van der Waals surface area contributed by atoms with Crippen LogP contribution in [0.2, 0.25) is 0 Å². The van der Waals surface area contributed by atoms with Crippen LogP contribution in [0.3, 0.4) is 0 Å². The summed E-state index contributed by atoms with van der Waals surface area (Å²) in [6.45, 7) is 0.438. The summed E-state index contributed by atoms with van der Waals surface area (Å²) in [5, 5.41) is 0.778. The molecule has 116 valence electrons. The number of carbonyl (C=O) groups is 1. The van der Waals surface area contributed by atoms with Gasteiger partial charge in [-0.25, -0.2) is 4.39 Å². The van der Waals surface area contributed by atoms with Crippen molar-refractivity contribution in [2.24, 2.45) is 0 Å². The third-order valence-electron chi connectivity index (χ3n) is 3.47. The molecule has 0 saturated heterocycles. The number of hydrogen-bond acceptors (Lipinski definition) is 4. The van der Waals surface area contributed by atoms with Crippen LogP contribution in [-0.4, -0.2) is 17.9 Å². The minimum atomic E-state index is -0.341. The van der Waals surface area contributed by atoms with Crippen LogP contribution in [-0.2, 0) is 11.3 Å². The highest BCUT2D eigenvalue weighted by Gasteiger charge is 2.04. The Balaban J connectivity index is 1.59. The minimum Gasteiger partial charge on any atom is -0.298 e. The molecule has 5 heteroatoms. The van der Waals surface area contributed by atoms with Crippen LogP contribution in [0.1, 0.15) is 15.9 Å². The number of benzene rings is 2. The average Bonchev–Trinajstić information content (AvgIpc) is 2.59. The van der Waals surface area contributed by atoms with Crippen molar-refractivity contribution in [1.82, 2.24) is 4.98 Å².